The van der Waals surface area contributed by atoms with Gasteiger partial charge >= 0.3 is 0 Å². The first-order chi connectivity index (χ1) is 9.95. The number of nitrogens with two attached hydrogens (primary N) is 1. The van der Waals surface area contributed by atoms with Crippen LogP contribution in [0.4, 0.5) is 5.69 Å². The molecule has 2 N–H and O–H groups in total. The van der Waals surface area contributed by atoms with Crippen LogP contribution in [0.5, 0.6) is 0 Å². The molecule has 6 heteroatoms. The van der Waals surface area contributed by atoms with Gasteiger partial charge in [0.15, 0.2) is 0 Å². The van der Waals surface area contributed by atoms with Crippen molar-refractivity contribution in [1.82, 2.24) is 4.31 Å². The highest BCUT2D eigenvalue weighted by Crippen LogP contribution is 2.26. The summed E-state index contributed by atoms with van der Waals surface area (Å²) in [5, 5.41) is 0.414. The van der Waals surface area contributed by atoms with Crippen LogP contribution in [0.1, 0.15) is 12.5 Å². The second-order valence-corrected chi connectivity index (χ2v) is 6.94. The van der Waals surface area contributed by atoms with E-state index in [0.717, 1.165) is 5.56 Å². The summed E-state index contributed by atoms with van der Waals surface area (Å²) in [5.74, 6) is 0. The molecule has 0 atom stereocenters. The predicted octanol–water partition coefficient (Wildman–Crippen LogP) is 3.13. The molecule has 0 unspecified atom stereocenters. The van der Waals surface area contributed by atoms with E-state index < -0.39 is 10.0 Å². The number of nitrogen functional groups attached to an aromatic ring is 1. The molecule has 0 amide bonds. The summed E-state index contributed by atoms with van der Waals surface area (Å²) in [6.07, 6.45) is 0. The number of halogens is 1. The van der Waals surface area contributed by atoms with Gasteiger partial charge in [0.2, 0.25) is 10.0 Å². The molecule has 0 aromatic heterocycles. The number of hydrogen-bond acceptors (Lipinski definition) is 3. The maximum absolute atomic E-state index is 12.7. The second kappa shape index (κ2) is 6.47. The maximum Gasteiger partial charge on any atom is 0.245 e. The Morgan fingerprint density at radius 2 is 1.81 bits per heavy atom. The fraction of sp³-hybridized carbons (Fsp3) is 0.200. The molecule has 0 aliphatic carbocycles. The van der Waals surface area contributed by atoms with Crippen LogP contribution in [0.2, 0.25) is 5.02 Å². The van der Waals surface area contributed by atoms with E-state index >= 15 is 0 Å². The van der Waals surface area contributed by atoms with E-state index in [1.807, 2.05) is 30.3 Å². The lowest BCUT2D eigenvalue weighted by Gasteiger charge is -2.21. The molecule has 0 saturated carbocycles. The molecule has 0 saturated heterocycles. The molecule has 4 nitrogen and oxygen atoms in total. The van der Waals surface area contributed by atoms with Gasteiger partial charge in [-0.25, -0.2) is 8.42 Å². The van der Waals surface area contributed by atoms with Gasteiger partial charge in [0.05, 0.1) is 5.69 Å². The Balaban J connectivity index is 2.36. The maximum atomic E-state index is 12.7. The van der Waals surface area contributed by atoms with Crippen molar-refractivity contribution < 1.29 is 8.42 Å². The molecule has 112 valence electrons. The number of nitrogens with zero attached hydrogens (tertiary/aromatic N) is 1. The zero-order valence-corrected chi connectivity index (χ0v) is 13.2. The minimum Gasteiger partial charge on any atom is -0.398 e. The lowest BCUT2D eigenvalue weighted by molar-refractivity contribution is 0.423. The smallest absolute Gasteiger partial charge is 0.245 e. The quantitative estimate of drug-likeness (QED) is 0.859. The number of rotatable bonds is 5. The van der Waals surface area contributed by atoms with Crippen molar-refractivity contribution in [3.8, 4) is 0 Å². The average molecular weight is 325 g/mol. The first-order valence-electron chi connectivity index (χ1n) is 6.54. The summed E-state index contributed by atoms with van der Waals surface area (Å²) in [4.78, 5) is 0.0877. The summed E-state index contributed by atoms with van der Waals surface area (Å²) >= 11 is 5.82. The summed E-state index contributed by atoms with van der Waals surface area (Å²) in [6, 6.07) is 13.9. The van der Waals surface area contributed by atoms with Gasteiger partial charge in [-0.1, -0.05) is 48.9 Å². The molecule has 2 rings (SSSR count). The average Bonchev–Trinajstić information content (AvgIpc) is 2.45. The highest BCUT2D eigenvalue weighted by molar-refractivity contribution is 7.89. The van der Waals surface area contributed by atoms with Crippen LogP contribution in [0.15, 0.2) is 53.4 Å². The Hall–Kier alpha value is -1.56. The molecule has 0 fully saturated rings. The first kappa shape index (κ1) is 15.8. The van der Waals surface area contributed by atoms with Crippen molar-refractivity contribution >= 4 is 27.3 Å². The molecule has 0 aliphatic heterocycles. The highest BCUT2D eigenvalue weighted by Gasteiger charge is 2.25. The van der Waals surface area contributed by atoms with E-state index in [1.54, 1.807) is 6.92 Å². The molecule has 0 spiro atoms. The fourth-order valence-electron chi connectivity index (χ4n) is 2.05. The summed E-state index contributed by atoms with van der Waals surface area (Å²) in [5.41, 5.74) is 6.89. The van der Waals surface area contributed by atoms with Gasteiger partial charge < -0.3 is 5.73 Å². The van der Waals surface area contributed by atoms with E-state index in [9.17, 15) is 8.42 Å². The molecule has 0 bridgehead atoms. The van der Waals surface area contributed by atoms with Crippen molar-refractivity contribution in [3.63, 3.8) is 0 Å². The van der Waals surface area contributed by atoms with E-state index in [0.29, 0.717) is 18.1 Å². The van der Waals surface area contributed by atoms with Gasteiger partial charge in [-0.15, -0.1) is 0 Å². The van der Waals surface area contributed by atoms with Crippen LogP contribution in [0, 0.1) is 0 Å². The van der Waals surface area contributed by atoms with Crippen LogP contribution in [0.3, 0.4) is 0 Å². The Morgan fingerprint density at radius 1 is 1.14 bits per heavy atom. The van der Waals surface area contributed by atoms with Crippen molar-refractivity contribution in [2.75, 3.05) is 12.3 Å². The molecule has 0 radical (unpaired) electrons. The van der Waals surface area contributed by atoms with Crippen LogP contribution in [-0.2, 0) is 16.6 Å². The normalized spacial score (nSPS) is 11.8. The standard InChI is InChI=1S/C15H17ClN2O2S/c1-2-18(11-12-6-4-3-5-7-12)21(19,20)15-9-8-13(16)10-14(15)17/h3-10H,2,11,17H2,1H3. The van der Waals surface area contributed by atoms with Crippen molar-refractivity contribution in [2.24, 2.45) is 0 Å². The molecule has 0 aliphatic rings. The number of anilines is 1. The van der Waals surface area contributed by atoms with Gasteiger partial charge in [0.1, 0.15) is 4.90 Å². The van der Waals surface area contributed by atoms with E-state index in [4.69, 9.17) is 17.3 Å². The van der Waals surface area contributed by atoms with Gasteiger partial charge in [0, 0.05) is 18.1 Å². The van der Waals surface area contributed by atoms with Crippen molar-refractivity contribution in [2.45, 2.75) is 18.4 Å². The third kappa shape index (κ3) is 3.56. The topological polar surface area (TPSA) is 63.4 Å². The minimum absolute atomic E-state index is 0.0877. The highest BCUT2D eigenvalue weighted by atomic mass is 35.5. The lowest BCUT2D eigenvalue weighted by Crippen LogP contribution is -2.31. The predicted molar refractivity (Wildman–Crippen MR) is 85.6 cm³/mol. The van der Waals surface area contributed by atoms with Gasteiger partial charge in [-0.05, 0) is 23.8 Å². The van der Waals surface area contributed by atoms with Gasteiger partial charge in [0.25, 0.3) is 0 Å². The number of sulfonamides is 1. The second-order valence-electron chi connectivity index (χ2n) is 4.60. The van der Waals surface area contributed by atoms with Gasteiger partial charge in [-0.2, -0.15) is 4.31 Å². The number of hydrogen-bond donors (Lipinski definition) is 1. The Kier molecular flexibility index (Phi) is 4.88. The van der Waals surface area contributed by atoms with Gasteiger partial charge in [-0.3, -0.25) is 0 Å². The van der Waals surface area contributed by atoms with Crippen molar-refractivity contribution in [3.05, 3.63) is 59.1 Å². The Morgan fingerprint density at radius 3 is 2.38 bits per heavy atom. The van der Waals surface area contributed by atoms with Crippen LogP contribution in [0.25, 0.3) is 0 Å². The van der Waals surface area contributed by atoms with Crippen LogP contribution < -0.4 is 5.73 Å². The SMILES string of the molecule is CCN(Cc1ccccc1)S(=O)(=O)c1ccc(Cl)cc1N. The van der Waals surface area contributed by atoms with Crippen LogP contribution >= 0.6 is 11.6 Å². The third-order valence-corrected chi connectivity index (χ3v) is 5.37. The zero-order valence-electron chi connectivity index (χ0n) is 11.7. The van der Waals surface area contributed by atoms with E-state index in [1.165, 1.54) is 22.5 Å². The van der Waals surface area contributed by atoms with Crippen molar-refractivity contribution in [1.29, 1.82) is 0 Å². The summed E-state index contributed by atoms with van der Waals surface area (Å²) in [7, 11) is -3.65. The Bertz CT molecular complexity index is 718. The largest absolute Gasteiger partial charge is 0.398 e. The summed E-state index contributed by atoms with van der Waals surface area (Å²) in [6.45, 7) is 2.47. The monoisotopic (exact) mass is 324 g/mol. The molecule has 21 heavy (non-hydrogen) atoms. The van der Waals surface area contributed by atoms with Crippen LogP contribution in [-0.4, -0.2) is 19.3 Å². The molecule has 2 aromatic carbocycles. The molecular formula is C15H17ClN2O2S. The zero-order chi connectivity index (χ0) is 15.5. The summed E-state index contributed by atoms with van der Waals surface area (Å²) < 4.78 is 26.8. The van der Waals surface area contributed by atoms with E-state index in [-0.39, 0.29) is 10.6 Å². The number of benzene rings is 2. The fourth-order valence-corrected chi connectivity index (χ4v) is 3.76. The first-order valence-corrected chi connectivity index (χ1v) is 8.36. The third-order valence-electron chi connectivity index (χ3n) is 3.14. The molecule has 0 heterocycles. The minimum atomic E-state index is -3.65. The Labute approximate surface area is 130 Å². The van der Waals surface area contributed by atoms with E-state index in [2.05, 4.69) is 0 Å². The molecular weight excluding hydrogens is 308 g/mol. The lowest BCUT2D eigenvalue weighted by atomic mass is 10.2. The molecule has 2 aromatic rings.